The Bertz CT molecular complexity index is 898. The highest BCUT2D eigenvalue weighted by Gasteiger charge is 2.54. The first-order chi connectivity index (χ1) is 13.1. The minimum absolute atomic E-state index is 0.326. The summed E-state index contributed by atoms with van der Waals surface area (Å²) >= 11 is 5.91. The highest BCUT2D eigenvalue weighted by molar-refractivity contribution is 6.30. The molecule has 1 saturated heterocycles. The van der Waals surface area contributed by atoms with Crippen LogP contribution in [0.4, 0.5) is 5.69 Å². The third-order valence-corrected chi connectivity index (χ3v) is 4.77. The van der Waals surface area contributed by atoms with Crippen molar-refractivity contribution in [2.45, 2.75) is 25.6 Å². The summed E-state index contributed by atoms with van der Waals surface area (Å²) in [5.41, 5.74) is 1.43. The molecule has 4 rings (SSSR count). The number of ether oxygens (including phenoxy) is 1. The minimum Gasteiger partial charge on any atom is -0.494 e. The number of hydrogen-bond acceptors (Lipinski definition) is 6. The molecule has 2 aliphatic rings. The first kappa shape index (κ1) is 17.5. The molecule has 2 amide bonds. The molecule has 0 radical (unpaired) electrons. The Balaban J connectivity index is 1.55. The van der Waals surface area contributed by atoms with E-state index in [1.807, 2.05) is 19.1 Å². The maximum absolute atomic E-state index is 13.0. The van der Waals surface area contributed by atoms with Gasteiger partial charge in [0, 0.05) is 5.02 Å². The number of anilines is 1. The number of halogens is 1. The fourth-order valence-corrected chi connectivity index (χ4v) is 3.37. The highest BCUT2D eigenvalue weighted by atomic mass is 35.5. The van der Waals surface area contributed by atoms with Crippen molar-refractivity contribution in [2.24, 2.45) is 10.3 Å². The van der Waals surface area contributed by atoms with Gasteiger partial charge in [-0.2, -0.15) is 5.11 Å². The van der Waals surface area contributed by atoms with E-state index in [9.17, 15) is 9.59 Å². The second-order valence-electron chi connectivity index (χ2n) is 6.26. The van der Waals surface area contributed by atoms with Crippen molar-refractivity contribution in [3.8, 4) is 5.75 Å². The summed E-state index contributed by atoms with van der Waals surface area (Å²) < 4.78 is 5.40. The Morgan fingerprint density at radius 2 is 1.74 bits per heavy atom. The molecule has 7 nitrogen and oxygen atoms in total. The molecule has 0 saturated carbocycles. The van der Waals surface area contributed by atoms with Crippen molar-refractivity contribution < 1.29 is 14.3 Å². The zero-order chi connectivity index (χ0) is 19.0. The van der Waals surface area contributed by atoms with Gasteiger partial charge in [-0.25, -0.2) is 4.90 Å². The van der Waals surface area contributed by atoms with Crippen LogP contribution >= 0.6 is 11.6 Å². The second kappa shape index (κ2) is 7.00. The Hall–Kier alpha value is -2.93. The van der Waals surface area contributed by atoms with Crippen LogP contribution in [-0.2, 0) is 16.1 Å². The smallest absolute Gasteiger partial charge is 0.263 e. The predicted octanol–water partition coefficient (Wildman–Crippen LogP) is 3.23. The lowest BCUT2D eigenvalue weighted by Crippen LogP contribution is -2.39. The molecule has 0 aromatic heterocycles. The topological polar surface area (TPSA) is 74.6 Å². The van der Waals surface area contributed by atoms with E-state index in [2.05, 4.69) is 10.3 Å². The standard InChI is InChI=1S/C19H17ClN4O3/c1-2-27-15-9-7-14(8-10-15)24-18(25)16-17(19(24)26)23(22-21-16)11-12-3-5-13(20)6-4-12/h3-10,16-17H,2,11H2,1H3/t16-,17-/m0/s1. The monoisotopic (exact) mass is 384 g/mol. The molecule has 0 N–H and O–H groups in total. The lowest BCUT2D eigenvalue weighted by Gasteiger charge is -2.20. The van der Waals surface area contributed by atoms with Crippen LogP contribution in [0.25, 0.3) is 0 Å². The van der Waals surface area contributed by atoms with Crippen LogP contribution in [0.5, 0.6) is 5.75 Å². The molecule has 138 valence electrons. The SMILES string of the molecule is CCOc1ccc(N2C(=O)[C@H]3N=NN(Cc4ccc(Cl)cc4)[C@@H]3C2=O)cc1. The summed E-state index contributed by atoms with van der Waals surface area (Å²) in [4.78, 5) is 26.9. The summed E-state index contributed by atoms with van der Waals surface area (Å²) in [6.07, 6.45) is 0. The van der Waals surface area contributed by atoms with Gasteiger partial charge in [-0.1, -0.05) is 29.0 Å². The summed E-state index contributed by atoms with van der Waals surface area (Å²) in [5, 5.41) is 10.3. The zero-order valence-electron chi connectivity index (χ0n) is 14.6. The van der Waals surface area contributed by atoms with Gasteiger partial charge in [-0.15, -0.1) is 0 Å². The van der Waals surface area contributed by atoms with E-state index in [1.165, 1.54) is 4.90 Å². The first-order valence-electron chi connectivity index (χ1n) is 8.61. The number of fused-ring (bicyclic) bond motifs is 1. The maximum Gasteiger partial charge on any atom is 0.263 e. The molecular weight excluding hydrogens is 368 g/mol. The molecule has 0 bridgehead atoms. The van der Waals surface area contributed by atoms with E-state index in [0.29, 0.717) is 29.6 Å². The van der Waals surface area contributed by atoms with Crippen molar-refractivity contribution >= 4 is 29.1 Å². The largest absolute Gasteiger partial charge is 0.494 e. The highest BCUT2D eigenvalue weighted by Crippen LogP contribution is 2.33. The summed E-state index contributed by atoms with van der Waals surface area (Å²) in [6, 6.07) is 12.6. The molecule has 1 fully saturated rings. The molecule has 2 atom stereocenters. The van der Waals surface area contributed by atoms with E-state index in [0.717, 1.165) is 5.56 Å². The van der Waals surface area contributed by atoms with Gasteiger partial charge in [0.25, 0.3) is 11.8 Å². The Morgan fingerprint density at radius 1 is 1.04 bits per heavy atom. The van der Waals surface area contributed by atoms with E-state index in [-0.39, 0.29) is 11.8 Å². The van der Waals surface area contributed by atoms with Crippen LogP contribution in [0.1, 0.15) is 12.5 Å². The zero-order valence-corrected chi connectivity index (χ0v) is 15.3. The van der Waals surface area contributed by atoms with Crippen molar-refractivity contribution in [3.63, 3.8) is 0 Å². The molecule has 0 aliphatic carbocycles. The Morgan fingerprint density at radius 3 is 2.41 bits per heavy atom. The minimum atomic E-state index is -0.809. The number of hydrogen-bond donors (Lipinski definition) is 0. The van der Waals surface area contributed by atoms with E-state index < -0.39 is 12.1 Å². The first-order valence-corrected chi connectivity index (χ1v) is 8.99. The Kier molecular flexibility index (Phi) is 4.53. The average molecular weight is 385 g/mol. The molecule has 0 unspecified atom stereocenters. The number of benzene rings is 2. The van der Waals surface area contributed by atoms with Gasteiger partial charge >= 0.3 is 0 Å². The third-order valence-electron chi connectivity index (χ3n) is 4.52. The van der Waals surface area contributed by atoms with Gasteiger partial charge in [-0.3, -0.25) is 14.6 Å². The fraction of sp³-hybridized carbons (Fsp3) is 0.263. The number of amides is 2. The number of rotatable bonds is 5. The molecule has 0 spiro atoms. The number of imide groups is 1. The number of carbonyl (C=O) groups excluding carboxylic acids is 2. The predicted molar refractivity (Wildman–Crippen MR) is 99.5 cm³/mol. The van der Waals surface area contributed by atoms with Gasteiger partial charge in [0.05, 0.1) is 18.8 Å². The fourth-order valence-electron chi connectivity index (χ4n) is 3.24. The lowest BCUT2D eigenvalue weighted by molar-refractivity contribution is -0.123. The average Bonchev–Trinajstić information content (AvgIpc) is 3.18. The molecule has 27 heavy (non-hydrogen) atoms. The van der Waals surface area contributed by atoms with E-state index in [1.54, 1.807) is 41.4 Å². The second-order valence-corrected chi connectivity index (χ2v) is 6.69. The van der Waals surface area contributed by atoms with Gasteiger partial charge in [-0.05, 0) is 48.9 Å². The van der Waals surface area contributed by atoms with Crippen LogP contribution in [0, 0.1) is 0 Å². The summed E-state index contributed by atoms with van der Waals surface area (Å²) in [6.45, 7) is 2.81. The van der Waals surface area contributed by atoms with Crippen LogP contribution < -0.4 is 9.64 Å². The van der Waals surface area contributed by atoms with Gasteiger partial charge in [0.2, 0.25) is 0 Å². The molecule has 2 aromatic rings. The molecule has 8 heteroatoms. The van der Waals surface area contributed by atoms with Crippen molar-refractivity contribution in [1.29, 1.82) is 0 Å². The molecule has 2 aromatic carbocycles. The van der Waals surface area contributed by atoms with Gasteiger partial charge in [0.1, 0.15) is 5.75 Å². The Labute approximate surface area is 161 Å². The molecule has 2 aliphatic heterocycles. The third kappa shape index (κ3) is 3.14. The van der Waals surface area contributed by atoms with Crippen LogP contribution in [-0.4, -0.2) is 35.5 Å². The summed E-state index contributed by atoms with van der Waals surface area (Å²) in [7, 11) is 0. The molecular formula is C19H17ClN4O3. The maximum atomic E-state index is 13.0. The van der Waals surface area contributed by atoms with Crippen molar-refractivity contribution in [1.82, 2.24) is 5.01 Å². The molecule has 2 heterocycles. The number of carbonyl (C=O) groups is 2. The van der Waals surface area contributed by atoms with Gasteiger partial charge < -0.3 is 4.74 Å². The van der Waals surface area contributed by atoms with Crippen LogP contribution in [0.2, 0.25) is 5.02 Å². The normalized spacial score (nSPS) is 21.1. The van der Waals surface area contributed by atoms with Crippen LogP contribution in [0.3, 0.4) is 0 Å². The van der Waals surface area contributed by atoms with Gasteiger partial charge in [0.15, 0.2) is 12.1 Å². The summed E-state index contributed by atoms with van der Waals surface area (Å²) in [5.74, 6) is -0.00534. The van der Waals surface area contributed by atoms with Crippen molar-refractivity contribution in [3.05, 3.63) is 59.1 Å². The van der Waals surface area contributed by atoms with Crippen LogP contribution in [0.15, 0.2) is 58.9 Å². The van der Waals surface area contributed by atoms with E-state index >= 15 is 0 Å². The number of nitrogens with zero attached hydrogens (tertiary/aromatic N) is 4. The van der Waals surface area contributed by atoms with Crippen molar-refractivity contribution in [2.75, 3.05) is 11.5 Å². The lowest BCUT2D eigenvalue weighted by atomic mass is 10.1. The quantitative estimate of drug-likeness (QED) is 0.742. The van der Waals surface area contributed by atoms with E-state index in [4.69, 9.17) is 16.3 Å².